The normalized spacial score (nSPS) is 12.7. The topological polar surface area (TPSA) is 64.6 Å². The third-order valence-electron chi connectivity index (χ3n) is 2.74. The molecule has 0 bridgehead atoms. The van der Waals surface area contributed by atoms with Crippen molar-refractivity contribution < 1.29 is 23.5 Å². The molecule has 1 aromatic carbocycles. The van der Waals surface area contributed by atoms with E-state index in [0.717, 1.165) is 0 Å². The zero-order valence-corrected chi connectivity index (χ0v) is 13.8. The fourth-order valence-electron chi connectivity index (χ4n) is 1.73. The average Bonchev–Trinajstić information content (AvgIpc) is 2.45. The van der Waals surface area contributed by atoms with Crippen LogP contribution in [0.15, 0.2) is 36.4 Å². The van der Waals surface area contributed by atoms with Gasteiger partial charge in [0.05, 0.1) is 19.6 Å². The van der Waals surface area contributed by atoms with E-state index in [1.807, 2.05) is 0 Å². The van der Waals surface area contributed by atoms with Crippen LogP contribution in [-0.2, 0) is 14.3 Å². The summed E-state index contributed by atoms with van der Waals surface area (Å²) in [5.74, 6) is -0.764. The smallest absolute Gasteiger partial charge is 0.408 e. The fraction of sp³-hybridized carbons (Fsp3) is 0.412. The molecule has 0 aliphatic carbocycles. The van der Waals surface area contributed by atoms with Gasteiger partial charge in [-0.25, -0.2) is 9.18 Å². The summed E-state index contributed by atoms with van der Waals surface area (Å²) in [5.41, 5.74) is 0.0334. The van der Waals surface area contributed by atoms with Crippen molar-refractivity contribution in [1.82, 2.24) is 5.32 Å². The molecule has 0 aromatic heterocycles. The lowest BCUT2D eigenvalue weighted by Gasteiger charge is -2.22. The number of benzene rings is 1. The Morgan fingerprint density at radius 2 is 1.87 bits per heavy atom. The van der Waals surface area contributed by atoms with Gasteiger partial charge in [0.2, 0.25) is 0 Å². The summed E-state index contributed by atoms with van der Waals surface area (Å²) in [4.78, 5) is 23.1. The number of alkyl carbamates (subject to hydrolysis) is 1. The van der Waals surface area contributed by atoms with Crippen LogP contribution in [0.5, 0.6) is 0 Å². The maximum atomic E-state index is 13.0. The van der Waals surface area contributed by atoms with Crippen molar-refractivity contribution in [1.29, 1.82) is 0 Å². The van der Waals surface area contributed by atoms with Crippen molar-refractivity contribution in [2.45, 2.75) is 38.8 Å². The van der Waals surface area contributed by atoms with Crippen LogP contribution in [0.2, 0.25) is 0 Å². The average molecular weight is 323 g/mol. The number of carbonyl (C=O) groups excluding carboxylic acids is 2. The molecular weight excluding hydrogens is 301 g/mol. The molecule has 0 saturated heterocycles. The lowest BCUT2D eigenvalue weighted by Crippen LogP contribution is -2.34. The van der Waals surface area contributed by atoms with E-state index in [9.17, 15) is 14.0 Å². The molecule has 5 nitrogen and oxygen atoms in total. The molecule has 0 radical (unpaired) electrons. The Morgan fingerprint density at radius 3 is 2.39 bits per heavy atom. The Bertz CT molecular complexity index is 561. The van der Waals surface area contributed by atoms with E-state index in [2.05, 4.69) is 10.1 Å². The number of rotatable bonds is 5. The third-order valence-corrected chi connectivity index (χ3v) is 2.74. The molecule has 0 fully saturated rings. The third kappa shape index (κ3) is 7.44. The summed E-state index contributed by atoms with van der Waals surface area (Å²) in [5, 5.41) is 2.68. The SMILES string of the molecule is COC(=O)C/C=C/[C@@H](NC(=O)OC(C)(C)C)c1ccc(F)cc1. The first-order chi connectivity index (χ1) is 10.7. The number of methoxy groups -OCH3 is 1. The molecule has 1 aromatic rings. The first-order valence-corrected chi connectivity index (χ1v) is 7.20. The molecule has 1 N–H and O–H groups in total. The van der Waals surface area contributed by atoms with Crippen LogP contribution in [0.1, 0.15) is 38.8 Å². The van der Waals surface area contributed by atoms with Crippen LogP contribution in [0.3, 0.4) is 0 Å². The van der Waals surface area contributed by atoms with Crippen LogP contribution in [0, 0.1) is 5.82 Å². The van der Waals surface area contributed by atoms with Gasteiger partial charge in [0.15, 0.2) is 0 Å². The van der Waals surface area contributed by atoms with Gasteiger partial charge >= 0.3 is 12.1 Å². The Morgan fingerprint density at radius 1 is 1.26 bits per heavy atom. The molecule has 0 heterocycles. The van der Waals surface area contributed by atoms with Gasteiger partial charge in [-0.1, -0.05) is 24.3 Å². The molecule has 126 valence electrons. The van der Waals surface area contributed by atoms with Crippen LogP contribution in [-0.4, -0.2) is 24.8 Å². The number of hydrogen-bond acceptors (Lipinski definition) is 4. The lowest BCUT2D eigenvalue weighted by atomic mass is 10.1. The minimum Gasteiger partial charge on any atom is -0.469 e. The van der Waals surface area contributed by atoms with Gasteiger partial charge in [0, 0.05) is 0 Å². The van der Waals surface area contributed by atoms with Crippen molar-refractivity contribution in [2.24, 2.45) is 0 Å². The van der Waals surface area contributed by atoms with Crippen LogP contribution < -0.4 is 5.32 Å². The van der Waals surface area contributed by atoms with Gasteiger partial charge in [-0.3, -0.25) is 4.79 Å². The highest BCUT2D eigenvalue weighted by molar-refractivity contribution is 5.71. The quantitative estimate of drug-likeness (QED) is 0.665. The molecular formula is C17H22FNO4. The first kappa shape index (κ1) is 18.7. The highest BCUT2D eigenvalue weighted by Gasteiger charge is 2.19. The molecule has 1 rings (SSSR count). The van der Waals surface area contributed by atoms with Gasteiger partial charge in [0.1, 0.15) is 11.4 Å². The van der Waals surface area contributed by atoms with Gasteiger partial charge in [-0.15, -0.1) is 0 Å². The summed E-state index contributed by atoms with van der Waals surface area (Å²) in [6.07, 6.45) is 2.68. The van der Waals surface area contributed by atoms with Crippen molar-refractivity contribution in [3.8, 4) is 0 Å². The predicted molar refractivity (Wildman–Crippen MR) is 84.3 cm³/mol. The number of halogens is 1. The Kier molecular flexibility index (Phi) is 6.75. The largest absolute Gasteiger partial charge is 0.469 e. The zero-order valence-electron chi connectivity index (χ0n) is 13.8. The molecule has 0 spiro atoms. The van der Waals surface area contributed by atoms with E-state index in [1.165, 1.54) is 19.2 Å². The highest BCUT2D eigenvalue weighted by Crippen LogP contribution is 2.17. The molecule has 23 heavy (non-hydrogen) atoms. The molecule has 0 aliphatic heterocycles. The maximum absolute atomic E-state index is 13.0. The molecule has 6 heteroatoms. The highest BCUT2D eigenvalue weighted by atomic mass is 19.1. The second-order valence-electron chi connectivity index (χ2n) is 5.88. The number of ether oxygens (including phenoxy) is 2. The van der Waals surface area contributed by atoms with Crippen LogP contribution >= 0.6 is 0 Å². The van der Waals surface area contributed by atoms with E-state index in [0.29, 0.717) is 5.56 Å². The maximum Gasteiger partial charge on any atom is 0.408 e. The first-order valence-electron chi connectivity index (χ1n) is 7.20. The second kappa shape index (κ2) is 8.31. The second-order valence-corrected chi connectivity index (χ2v) is 5.88. The van der Waals surface area contributed by atoms with E-state index in [4.69, 9.17) is 4.74 Å². The van der Waals surface area contributed by atoms with Gasteiger partial charge in [-0.05, 0) is 38.5 Å². The summed E-state index contributed by atoms with van der Waals surface area (Å²) < 4.78 is 22.8. The summed E-state index contributed by atoms with van der Waals surface area (Å²) >= 11 is 0. The number of hydrogen-bond donors (Lipinski definition) is 1. The molecule has 1 atom stereocenters. The zero-order chi connectivity index (χ0) is 17.5. The number of amides is 1. The molecule has 0 saturated carbocycles. The van der Waals surface area contributed by atoms with E-state index >= 15 is 0 Å². The summed E-state index contributed by atoms with van der Waals surface area (Å²) in [6.45, 7) is 5.27. The van der Waals surface area contributed by atoms with Gasteiger partial charge < -0.3 is 14.8 Å². The standard InChI is InChI=1S/C17H22FNO4/c1-17(2,3)23-16(21)19-14(6-5-7-15(20)22-4)12-8-10-13(18)11-9-12/h5-6,8-11,14H,7H2,1-4H3,(H,19,21)/b6-5+/t14-/m1/s1. The Hall–Kier alpha value is -2.37. The minimum absolute atomic E-state index is 0.0736. The lowest BCUT2D eigenvalue weighted by molar-refractivity contribution is -0.139. The monoisotopic (exact) mass is 323 g/mol. The van der Waals surface area contributed by atoms with Gasteiger partial charge in [-0.2, -0.15) is 0 Å². The van der Waals surface area contributed by atoms with E-state index in [1.54, 1.807) is 45.1 Å². The van der Waals surface area contributed by atoms with Crippen molar-refractivity contribution in [2.75, 3.05) is 7.11 Å². The Labute approximate surface area is 135 Å². The van der Waals surface area contributed by atoms with E-state index in [-0.39, 0.29) is 12.2 Å². The van der Waals surface area contributed by atoms with Gasteiger partial charge in [0.25, 0.3) is 0 Å². The van der Waals surface area contributed by atoms with Crippen molar-refractivity contribution in [3.05, 3.63) is 47.8 Å². The molecule has 0 aliphatic rings. The van der Waals surface area contributed by atoms with E-state index < -0.39 is 23.7 Å². The molecule has 0 unspecified atom stereocenters. The fourth-order valence-corrected chi connectivity index (χ4v) is 1.73. The number of nitrogens with one attached hydrogen (secondary N) is 1. The van der Waals surface area contributed by atoms with Crippen molar-refractivity contribution >= 4 is 12.1 Å². The van der Waals surface area contributed by atoms with Crippen LogP contribution in [0.4, 0.5) is 9.18 Å². The van der Waals surface area contributed by atoms with Crippen molar-refractivity contribution in [3.63, 3.8) is 0 Å². The molecule has 1 amide bonds. The number of carbonyl (C=O) groups is 2. The number of esters is 1. The minimum atomic E-state index is -0.632. The summed E-state index contributed by atoms with van der Waals surface area (Å²) in [6, 6.07) is 5.16. The van der Waals surface area contributed by atoms with Crippen LogP contribution in [0.25, 0.3) is 0 Å². The summed E-state index contributed by atoms with van der Waals surface area (Å²) in [7, 11) is 1.30. The predicted octanol–water partition coefficient (Wildman–Crippen LogP) is 3.51. The Balaban J connectivity index is 2.86.